The van der Waals surface area contributed by atoms with Crippen LogP contribution in [0.1, 0.15) is 50.7 Å². The molecule has 9 heteroatoms. The topological polar surface area (TPSA) is 86.8 Å². The van der Waals surface area contributed by atoms with Crippen LogP contribution in [-0.4, -0.2) is 50.5 Å². The van der Waals surface area contributed by atoms with E-state index in [0.717, 1.165) is 18.2 Å². The fourth-order valence-corrected chi connectivity index (χ4v) is 4.92. The number of nitrogens with one attached hydrogen (secondary N) is 1. The average molecular weight is 506 g/mol. The molecular formula is C26H36FN3O4S. The van der Waals surface area contributed by atoms with E-state index in [2.05, 4.69) is 5.32 Å². The van der Waals surface area contributed by atoms with Crippen LogP contribution in [0.25, 0.3) is 0 Å². The lowest BCUT2D eigenvalue weighted by atomic mass is 10.1. The number of aryl methyl sites for hydroxylation is 1. The Labute approximate surface area is 208 Å². The highest BCUT2D eigenvalue weighted by Crippen LogP contribution is 2.23. The normalized spacial score (nSPS) is 12.1. The van der Waals surface area contributed by atoms with E-state index in [1.807, 2.05) is 32.9 Å². The van der Waals surface area contributed by atoms with Gasteiger partial charge in [0.15, 0.2) is 0 Å². The molecule has 0 fully saturated rings. The number of nitrogens with zero attached hydrogens (tertiary/aromatic N) is 2. The van der Waals surface area contributed by atoms with Crippen LogP contribution in [0.15, 0.2) is 48.5 Å². The Balaban J connectivity index is 2.20. The van der Waals surface area contributed by atoms with E-state index in [4.69, 9.17) is 0 Å². The van der Waals surface area contributed by atoms with Crippen molar-refractivity contribution in [3.05, 3.63) is 65.5 Å². The highest BCUT2D eigenvalue weighted by atomic mass is 32.2. The first-order valence-corrected chi connectivity index (χ1v) is 13.8. The smallest absolute Gasteiger partial charge is 0.242 e. The molecule has 0 unspecified atom stereocenters. The van der Waals surface area contributed by atoms with Crippen molar-refractivity contribution in [1.82, 2.24) is 10.2 Å². The minimum Gasteiger partial charge on any atom is -0.354 e. The van der Waals surface area contributed by atoms with Crippen LogP contribution < -0.4 is 9.62 Å². The van der Waals surface area contributed by atoms with Crippen molar-refractivity contribution in [3.63, 3.8) is 0 Å². The number of hydrogen-bond donors (Lipinski definition) is 1. The first kappa shape index (κ1) is 28.3. The summed E-state index contributed by atoms with van der Waals surface area (Å²) in [4.78, 5) is 27.6. The Morgan fingerprint density at radius 2 is 1.71 bits per heavy atom. The van der Waals surface area contributed by atoms with E-state index in [1.165, 1.54) is 21.3 Å². The number of sulfonamides is 1. The van der Waals surface area contributed by atoms with Gasteiger partial charge >= 0.3 is 0 Å². The van der Waals surface area contributed by atoms with Crippen LogP contribution >= 0.6 is 0 Å². The molecule has 0 aliphatic rings. The van der Waals surface area contributed by atoms with Crippen molar-refractivity contribution in [2.24, 2.45) is 0 Å². The van der Waals surface area contributed by atoms with E-state index in [9.17, 15) is 22.4 Å². The van der Waals surface area contributed by atoms with Gasteiger partial charge in [-0.2, -0.15) is 0 Å². The maximum absolute atomic E-state index is 13.4. The van der Waals surface area contributed by atoms with Gasteiger partial charge in [-0.15, -0.1) is 0 Å². The lowest BCUT2D eigenvalue weighted by Crippen LogP contribution is -2.49. The van der Waals surface area contributed by atoms with Crippen molar-refractivity contribution in [2.45, 2.75) is 59.0 Å². The van der Waals surface area contributed by atoms with Gasteiger partial charge in [-0.05, 0) is 55.5 Å². The van der Waals surface area contributed by atoms with Crippen LogP contribution in [0, 0.1) is 12.7 Å². The largest absolute Gasteiger partial charge is 0.354 e. The molecule has 0 spiro atoms. The number of para-hydroxylation sites is 1. The van der Waals surface area contributed by atoms with Crippen LogP contribution in [0.4, 0.5) is 10.1 Å². The van der Waals surface area contributed by atoms with Gasteiger partial charge in [0.2, 0.25) is 21.8 Å². The Morgan fingerprint density at radius 1 is 1.06 bits per heavy atom. The van der Waals surface area contributed by atoms with Crippen LogP contribution in [0.2, 0.25) is 0 Å². The summed E-state index contributed by atoms with van der Waals surface area (Å²) < 4.78 is 39.6. The molecule has 0 aromatic heterocycles. The number of halogens is 1. The van der Waals surface area contributed by atoms with E-state index < -0.39 is 16.1 Å². The summed E-state index contributed by atoms with van der Waals surface area (Å²) in [6.07, 6.45) is 2.69. The SMILES string of the molecule is CCCNC(=O)[C@@H](CC)N(Cc1ccc(F)cc1)C(=O)CCCN(c1ccccc1C)S(C)(=O)=O. The Bertz CT molecular complexity index is 1090. The summed E-state index contributed by atoms with van der Waals surface area (Å²) >= 11 is 0. The summed E-state index contributed by atoms with van der Waals surface area (Å²) in [6.45, 7) is 6.43. The molecule has 2 aromatic carbocycles. The fourth-order valence-electron chi connectivity index (χ4n) is 3.90. The predicted molar refractivity (Wildman–Crippen MR) is 137 cm³/mol. The van der Waals surface area contributed by atoms with E-state index in [1.54, 1.807) is 24.3 Å². The fraction of sp³-hybridized carbons (Fsp3) is 0.462. The van der Waals surface area contributed by atoms with Crippen molar-refractivity contribution >= 4 is 27.5 Å². The highest BCUT2D eigenvalue weighted by molar-refractivity contribution is 7.92. The number of benzene rings is 2. The van der Waals surface area contributed by atoms with E-state index in [-0.39, 0.29) is 43.6 Å². The zero-order valence-electron chi connectivity index (χ0n) is 21.0. The van der Waals surface area contributed by atoms with Crippen molar-refractivity contribution < 1.29 is 22.4 Å². The van der Waals surface area contributed by atoms with Gasteiger partial charge in [0.1, 0.15) is 11.9 Å². The average Bonchev–Trinajstić information content (AvgIpc) is 2.81. The molecule has 0 radical (unpaired) electrons. The highest BCUT2D eigenvalue weighted by Gasteiger charge is 2.28. The molecule has 0 aliphatic heterocycles. The lowest BCUT2D eigenvalue weighted by Gasteiger charge is -2.31. The third kappa shape index (κ3) is 8.35. The van der Waals surface area contributed by atoms with E-state index >= 15 is 0 Å². The molecule has 0 heterocycles. The van der Waals surface area contributed by atoms with Gasteiger partial charge < -0.3 is 10.2 Å². The third-order valence-corrected chi connectivity index (χ3v) is 6.92. The number of anilines is 1. The second kappa shape index (κ2) is 13.2. The van der Waals surface area contributed by atoms with Crippen LogP contribution in [0.5, 0.6) is 0 Å². The van der Waals surface area contributed by atoms with Gasteiger partial charge in [-0.1, -0.05) is 44.2 Å². The molecular weight excluding hydrogens is 469 g/mol. The molecule has 192 valence electrons. The summed E-state index contributed by atoms with van der Waals surface area (Å²) in [5, 5.41) is 2.86. The molecule has 2 aromatic rings. The Morgan fingerprint density at radius 3 is 2.29 bits per heavy atom. The second-order valence-electron chi connectivity index (χ2n) is 8.59. The first-order chi connectivity index (χ1) is 16.6. The second-order valence-corrected chi connectivity index (χ2v) is 10.5. The van der Waals surface area contributed by atoms with E-state index in [0.29, 0.717) is 24.2 Å². The lowest BCUT2D eigenvalue weighted by molar-refractivity contribution is -0.141. The zero-order chi connectivity index (χ0) is 26.0. The van der Waals surface area contributed by atoms with Gasteiger partial charge in [-0.25, -0.2) is 12.8 Å². The summed E-state index contributed by atoms with van der Waals surface area (Å²) in [6, 6.07) is 12.3. The summed E-state index contributed by atoms with van der Waals surface area (Å²) in [5.74, 6) is -0.870. The van der Waals surface area contributed by atoms with Crippen LogP contribution in [-0.2, 0) is 26.2 Å². The van der Waals surface area contributed by atoms with Gasteiger partial charge in [0, 0.05) is 26.1 Å². The molecule has 2 amide bonds. The molecule has 7 nitrogen and oxygen atoms in total. The molecule has 0 saturated carbocycles. The maximum Gasteiger partial charge on any atom is 0.242 e. The monoisotopic (exact) mass is 505 g/mol. The standard InChI is InChI=1S/C26H36FN3O4S/c1-5-17-28-26(32)23(6-2)29(19-21-13-15-22(27)16-14-21)25(31)12-9-18-30(35(4,33)34)24-11-8-7-10-20(24)3/h7-8,10-11,13-16,23H,5-6,9,12,17-19H2,1-4H3,(H,28,32)/t23-/m1/s1. The zero-order valence-corrected chi connectivity index (χ0v) is 21.8. The molecule has 0 aliphatic carbocycles. The van der Waals surface area contributed by atoms with Crippen molar-refractivity contribution in [3.8, 4) is 0 Å². The molecule has 35 heavy (non-hydrogen) atoms. The summed E-state index contributed by atoms with van der Waals surface area (Å²) in [5.41, 5.74) is 2.11. The van der Waals surface area contributed by atoms with Gasteiger partial charge in [0.25, 0.3) is 0 Å². The minimum atomic E-state index is -3.55. The number of carbonyl (C=O) groups is 2. The molecule has 0 bridgehead atoms. The Hall–Kier alpha value is -2.94. The molecule has 1 N–H and O–H groups in total. The first-order valence-electron chi connectivity index (χ1n) is 11.9. The Kier molecular flexibility index (Phi) is 10.7. The van der Waals surface area contributed by atoms with Crippen molar-refractivity contribution in [2.75, 3.05) is 23.7 Å². The number of carbonyl (C=O) groups excluding carboxylic acids is 2. The van der Waals surface area contributed by atoms with Gasteiger partial charge in [0.05, 0.1) is 11.9 Å². The predicted octanol–water partition coefficient (Wildman–Crippen LogP) is 4.01. The molecule has 0 saturated heterocycles. The molecule has 1 atom stereocenters. The third-order valence-electron chi connectivity index (χ3n) is 5.74. The minimum absolute atomic E-state index is 0.0661. The summed E-state index contributed by atoms with van der Waals surface area (Å²) in [7, 11) is -3.55. The van der Waals surface area contributed by atoms with Gasteiger partial charge in [-0.3, -0.25) is 13.9 Å². The quantitative estimate of drug-likeness (QED) is 0.446. The maximum atomic E-state index is 13.4. The number of hydrogen-bond acceptors (Lipinski definition) is 4. The molecule has 2 rings (SSSR count). The van der Waals surface area contributed by atoms with Crippen molar-refractivity contribution in [1.29, 1.82) is 0 Å². The van der Waals surface area contributed by atoms with Crippen LogP contribution in [0.3, 0.4) is 0 Å². The number of rotatable bonds is 13. The number of amides is 2.